The fourth-order valence-electron chi connectivity index (χ4n) is 2.13. The van der Waals surface area contributed by atoms with Crippen LogP contribution in [0, 0.1) is 6.92 Å². The van der Waals surface area contributed by atoms with Crippen molar-refractivity contribution in [1.29, 1.82) is 0 Å². The Hall–Kier alpha value is -1.62. The Labute approximate surface area is 106 Å². The van der Waals surface area contributed by atoms with Crippen LogP contribution in [0.4, 0.5) is 5.82 Å². The maximum Gasteiger partial charge on any atom is 0.335 e. The van der Waals surface area contributed by atoms with Crippen LogP contribution in [-0.2, 0) is 4.74 Å². The first-order chi connectivity index (χ1) is 8.58. The number of ether oxygens (including phenoxy) is 1. The summed E-state index contributed by atoms with van der Waals surface area (Å²) in [6, 6.07) is 3.47. The molecule has 1 saturated carbocycles. The van der Waals surface area contributed by atoms with Gasteiger partial charge in [-0.15, -0.1) is 0 Å². The smallest absolute Gasteiger partial charge is 0.335 e. The summed E-state index contributed by atoms with van der Waals surface area (Å²) in [7, 11) is 0. The van der Waals surface area contributed by atoms with E-state index < -0.39 is 5.97 Å². The molecule has 0 aromatic carbocycles. The first-order valence-corrected chi connectivity index (χ1v) is 6.18. The molecular weight excluding hydrogens is 232 g/mol. The average Bonchev–Trinajstić information content (AvgIpc) is 2.25. The average molecular weight is 250 g/mol. The van der Waals surface area contributed by atoms with Crippen LogP contribution in [0.25, 0.3) is 0 Å². The molecule has 0 atom stereocenters. The van der Waals surface area contributed by atoms with Crippen molar-refractivity contribution >= 4 is 11.8 Å². The van der Waals surface area contributed by atoms with Gasteiger partial charge < -0.3 is 15.2 Å². The minimum atomic E-state index is -0.927. The van der Waals surface area contributed by atoms with E-state index in [2.05, 4.69) is 10.3 Å². The van der Waals surface area contributed by atoms with E-state index >= 15 is 0 Å². The number of rotatable bonds is 5. The minimum Gasteiger partial charge on any atom is -0.478 e. The van der Waals surface area contributed by atoms with Crippen LogP contribution in [0.3, 0.4) is 0 Å². The lowest BCUT2D eigenvalue weighted by Gasteiger charge is -2.35. The first-order valence-electron chi connectivity index (χ1n) is 6.18. The number of carboxylic acid groups (broad SMARTS) is 1. The highest BCUT2D eigenvalue weighted by Crippen LogP contribution is 2.26. The van der Waals surface area contributed by atoms with Gasteiger partial charge in [0, 0.05) is 18.3 Å². The van der Waals surface area contributed by atoms with Crippen molar-refractivity contribution in [2.24, 2.45) is 0 Å². The number of aromatic carboxylic acids is 1. The molecule has 1 aliphatic rings. The maximum atomic E-state index is 10.9. The molecule has 0 radical (unpaired) electrons. The molecule has 98 valence electrons. The molecule has 2 rings (SSSR count). The van der Waals surface area contributed by atoms with Gasteiger partial charge in [0.15, 0.2) is 0 Å². The molecule has 0 aliphatic heterocycles. The van der Waals surface area contributed by atoms with E-state index in [-0.39, 0.29) is 5.56 Å². The van der Waals surface area contributed by atoms with Gasteiger partial charge in [-0.05, 0) is 38.8 Å². The Balaban J connectivity index is 1.96. The molecule has 5 nitrogen and oxygen atoms in total. The van der Waals surface area contributed by atoms with Gasteiger partial charge in [-0.2, -0.15) is 0 Å². The lowest BCUT2D eigenvalue weighted by molar-refractivity contribution is 0.00291. The molecule has 5 heteroatoms. The van der Waals surface area contributed by atoms with Crippen LogP contribution in [0.1, 0.15) is 35.8 Å². The van der Waals surface area contributed by atoms with Crippen LogP contribution >= 0.6 is 0 Å². The van der Waals surface area contributed by atoms with Crippen LogP contribution in [0.2, 0.25) is 0 Å². The van der Waals surface area contributed by atoms with Gasteiger partial charge in [-0.1, -0.05) is 0 Å². The van der Waals surface area contributed by atoms with Crippen LogP contribution < -0.4 is 5.32 Å². The fraction of sp³-hybridized carbons (Fsp3) is 0.538. The van der Waals surface area contributed by atoms with Crippen molar-refractivity contribution in [3.05, 3.63) is 23.4 Å². The number of carbonyl (C=O) groups is 1. The van der Waals surface area contributed by atoms with Gasteiger partial charge in [-0.25, -0.2) is 9.78 Å². The predicted molar refractivity (Wildman–Crippen MR) is 68.0 cm³/mol. The van der Waals surface area contributed by atoms with E-state index in [1.54, 1.807) is 19.1 Å². The van der Waals surface area contributed by atoms with Crippen molar-refractivity contribution < 1.29 is 14.6 Å². The Morgan fingerprint density at radius 2 is 2.28 bits per heavy atom. The molecule has 18 heavy (non-hydrogen) atoms. The third-order valence-electron chi connectivity index (χ3n) is 3.05. The molecule has 1 aliphatic carbocycles. The van der Waals surface area contributed by atoms with Crippen LogP contribution in [0.15, 0.2) is 12.1 Å². The summed E-state index contributed by atoms with van der Waals surface area (Å²) in [6.07, 6.45) is 2.23. The second-order valence-corrected chi connectivity index (χ2v) is 4.58. The third kappa shape index (κ3) is 2.98. The van der Waals surface area contributed by atoms with Gasteiger partial charge in [0.05, 0.1) is 11.7 Å². The van der Waals surface area contributed by atoms with E-state index in [1.807, 2.05) is 6.92 Å². The lowest BCUT2D eigenvalue weighted by atomic mass is 9.89. The van der Waals surface area contributed by atoms with E-state index in [1.165, 1.54) is 0 Å². The van der Waals surface area contributed by atoms with Gasteiger partial charge in [-0.3, -0.25) is 0 Å². The quantitative estimate of drug-likeness (QED) is 0.837. The third-order valence-corrected chi connectivity index (χ3v) is 3.05. The first kappa shape index (κ1) is 12.8. The Kier molecular flexibility index (Phi) is 3.81. The highest BCUT2D eigenvalue weighted by Gasteiger charge is 2.29. The van der Waals surface area contributed by atoms with E-state index in [9.17, 15) is 4.79 Å². The molecular formula is C13H18N2O3. The molecule has 1 aromatic rings. The zero-order valence-electron chi connectivity index (χ0n) is 10.6. The molecule has 0 bridgehead atoms. The molecule has 1 heterocycles. The van der Waals surface area contributed by atoms with Crippen molar-refractivity contribution in [1.82, 2.24) is 4.98 Å². The normalized spacial score (nSPS) is 22.3. The number of anilines is 1. The molecule has 1 fully saturated rings. The van der Waals surface area contributed by atoms with Gasteiger partial charge in [0.25, 0.3) is 0 Å². The summed E-state index contributed by atoms with van der Waals surface area (Å²) in [5, 5.41) is 12.2. The zero-order valence-corrected chi connectivity index (χ0v) is 10.6. The zero-order chi connectivity index (χ0) is 13.1. The number of hydrogen-bond acceptors (Lipinski definition) is 4. The van der Waals surface area contributed by atoms with E-state index in [0.29, 0.717) is 23.7 Å². The number of nitrogens with one attached hydrogen (secondary N) is 1. The summed E-state index contributed by atoms with van der Waals surface area (Å²) in [5.74, 6) is -0.295. The summed E-state index contributed by atoms with van der Waals surface area (Å²) in [5.41, 5.74) is 0.976. The highest BCUT2D eigenvalue weighted by atomic mass is 16.5. The minimum absolute atomic E-state index is 0.269. The van der Waals surface area contributed by atoms with Crippen molar-refractivity contribution in [3.63, 3.8) is 0 Å². The molecule has 0 amide bonds. The van der Waals surface area contributed by atoms with Gasteiger partial charge >= 0.3 is 5.97 Å². The number of carboxylic acids is 1. The molecule has 0 unspecified atom stereocenters. The summed E-state index contributed by atoms with van der Waals surface area (Å²) >= 11 is 0. The van der Waals surface area contributed by atoms with Crippen molar-refractivity contribution in [3.8, 4) is 0 Å². The molecule has 0 saturated heterocycles. The largest absolute Gasteiger partial charge is 0.478 e. The molecule has 1 aromatic heterocycles. The van der Waals surface area contributed by atoms with E-state index in [0.717, 1.165) is 19.4 Å². The SMILES string of the molecule is CCOC1CC(Nc2cc(C(=O)O)cc(C)n2)C1. The number of nitrogens with zero attached hydrogens (tertiary/aromatic N) is 1. The standard InChI is InChI=1S/C13H18N2O3/c1-3-18-11-6-10(7-11)15-12-5-9(13(16)17)4-8(2)14-12/h4-5,10-11H,3,6-7H2,1-2H3,(H,14,15)(H,16,17). The fourth-order valence-corrected chi connectivity index (χ4v) is 2.13. The second-order valence-electron chi connectivity index (χ2n) is 4.58. The molecule has 0 spiro atoms. The highest BCUT2D eigenvalue weighted by molar-refractivity contribution is 5.88. The Morgan fingerprint density at radius 3 is 2.89 bits per heavy atom. The number of pyridine rings is 1. The summed E-state index contributed by atoms with van der Waals surface area (Å²) < 4.78 is 5.48. The Bertz CT molecular complexity index is 442. The number of aromatic nitrogens is 1. The summed E-state index contributed by atoms with van der Waals surface area (Å²) in [6.45, 7) is 4.52. The lowest BCUT2D eigenvalue weighted by Crippen LogP contribution is -2.41. The maximum absolute atomic E-state index is 10.9. The predicted octanol–water partition coefficient (Wildman–Crippen LogP) is 2.07. The topological polar surface area (TPSA) is 71.5 Å². The Morgan fingerprint density at radius 1 is 1.56 bits per heavy atom. The van der Waals surface area contributed by atoms with Gasteiger partial charge in [0.1, 0.15) is 5.82 Å². The monoisotopic (exact) mass is 250 g/mol. The van der Waals surface area contributed by atoms with Crippen molar-refractivity contribution in [2.75, 3.05) is 11.9 Å². The van der Waals surface area contributed by atoms with Crippen molar-refractivity contribution in [2.45, 2.75) is 38.8 Å². The number of aryl methyl sites for hydroxylation is 1. The number of hydrogen-bond donors (Lipinski definition) is 2. The van der Waals surface area contributed by atoms with Gasteiger partial charge in [0.2, 0.25) is 0 Å². The van der Waals surface area contributed by atoms with Crippen LogP contribution in [-0.4, -0.2) is 34.8 Å². The van der Waals surface area contributed by atoms with Crippen LogP contribution in [0.5, 0.6) is 0 Å². The second kappa shape index (κ2) is 5.35. The molecule has 2 N–H and O–H groups in total. The summed E-state index contributed by atoms with van der Waals surface area (Å²) in [4.78, 5) is 15.2. The van der Waals surface area contributed by atoms with E-state index in [4.69, 9.17) is 9.84 Å².